The van der Waals surface area contributed by atoms with Gasteiger partial charge in [-0.15, -0.1) is 0 Å². The van der Waals surface area contributed by atoms with E-state index in [9.17, 15) is 0 Å². The van der Waals surface area contributed by atoms with E-state index < -0.39 is 0 Å². The molecule has 8 aromatic carbocycles. The van der Waals surface area contributed by atoms with Gasteiger partial charge < -0.3 is 9.13 Å². The van der Waals surface area contributed by atoms with E-state index in [1.165, 1.54) is 32.6 Å². The Labute approximate surface area is 359 Å². The van der Waals surface area contributed by atoms with Crippen LogP contribution in [0.4, 0.5) is 0 Å². The number of aromatic nitrogens is 4. The third-order valence-electron chi connectivity index (χ3n) is 12.1. The SMILES string of the molecule is c1ccc(-c2cc(-c3ccc4c5ccccc5n(-c5ccccc5)c4c3)nc(-c3cc(-c4ccccc4)cc(-c4ccc5c6ccccc6n(-c6ccccc6)c5c4)n3)c2)cc1. The van der Waals surface area contributed by atoms with Crippen molar-refractivity contribution in [3.63, 3.8) is 0 Å². The van der Waals surface area contributed by atoms with Gasteiger partial charge in [0.15, 0.2) is 0 Å². The Morgan fingerprint density at radius 1 is 0.226 bits per heavy atom. The Balaban J connectivity index is 1.08. The molecule has 0 fully saturated rings. The lowest BCUT2D eigenvalue weighted by Crippen LogP contribution is -1.97. The first kappa shape index (κ1) is 35.6. The molecule has 4 heteroatoms. The third-order valence-corrected chi connectivity index (χ3v) is 12.1. The minimum atomic E-state index is 0.809. The van der Waals surface area contributed by atoms with Crippen LogP contribution in [0.1, 0.15) is 0 Å². The van der Waals surface area contributed by atoms with E-state index in [0.29, 0.717) is 0 Å². The number of hydrogen-bond acceptors (Lipinski definition) is 2. The van der Waals surface area contributed by atoms with Gasteiger partial charge in [0, 0.05) is 44.0 Å². The normalized spacial score (nSPS) is 11.5. The van der Waals surface area contributed by atoms with Gasteiger partial charge in [-0.05, 0) is 95.1 Å². The Hall–Kier alpha value is -8.34. The Morgan fingerprint density at radius 3 is 0.984 bits per heavy atom. The first-order chi connectivity index (χ1) is 30.7. The minimum absolute atomic E-state index is 0.809. The van der Waals surface area contributed by atoms with E-state index in [-0.39, 0.29) is 0 Å². The summed E-state index contributed by atoms with van der Waals surface area (Å²) in [7, 11) is 0. The standard InChI is InChI=1S/C58H38N4/c1-5-17-39(18-6-1)43-33-51(41-29-31-49-47-25-13-15-27-55(47)61(57(49)37-41)45-21-9-3-10-22-45)59-53(35-43)54-36-44(40-19-7-2-8-20-40)34-52(60-54)42-30-32-50-48-26-14-16-28-56(48)62(58(50)38-42)46-23-11-4-12-24-46/h1-38H. The summed E-state index contributed by atoms with van der Waals surface area (Å²) in [6, 6.07) is 82.0. The van der Waals surface area contributed by atoms with Crippen molar-refractivity contribution in [2.24, 2.45) is 0 Å². The summed E-state index contributed by atoms with van der Waals surface area (Å²) in [4.78, 5) is 11.0. The minimum Gasteiger partial charge on any atom is -0.309 e. The summed E-state index contributed by atoms with van der Waals surface area (Å²) < 4.78 is 4.72. The van der Waals surface area contributed by atoms with Crippen molar-refractivity contribution in [2.75, 3.05) is 0 Å². The fourth-order valence-corrected chi connectivity index (χ4v) is 9.18. The number of pyridine rings is 2. The first-order valence-electron chi connectivity index (χ1n) is 21.1. The lowest BCUT2D eigenvalue weighted by Gasteiger charge is -2.14. The van der Waals surface area contributed by atoms with Crippen LogP contribution >= 0.6 is 0 Å². The van der Waals surface area contributed by atoms with Gasteiger partial charge in [-0.3, -0.25) is 0 Å². The fraction of sp³-hybridized carbons (Fsp3) is 0. The Bertz CT molecular complexity index is 3360. The van der Waals surface area contributed by atoms with Crippen molar-refractivity contribution < 1.29 is 0 Å². The van der Waals surface area contributed by atoms with E-state index in [4.69, 9.17) is 9.97 Å². The largest absolute Gasteiger partial charge is 0.309 e. The van der Waals surface area contributed by atoms with Gasteiger partial charge >= 0.3 is 0 Å². The molecule has 12 aromatic rings. The molecule has 0 amide bonds. The van der Waals surface area contributed by atoms with E-state index in [1.54, 1.807) is 0 Å². The van der Waals surface area contributed by atoms with Gasteiger partial charge in [0.2, 0.25) is 0 Å². The first-order valence-corrected chi connectivity index (χ1v) is 21.1. The molecule has 12 rings (SSSR count). The molecule has 0 saturated carbocycles. The molecule has 4 aromatic heterocycles. The van der Waals surface area contributed by atoms with Gasteiger partial charge in [0.25, 0.3) is 0 Å². The highest BCUT2D eigenvalue weighted by molar-refractivity contribution is 6.11. The van der Waals surface area contributed by atoms with Gasteiger partial charge in [0.05, 0.1) is 44.8 Å². The predicted octanol–water partition coefficient (Wildman–Crippen LogP) is 15.0. The van der Waals surface area contributed by atoms with Gasteiger partial charge in [-0.2, -0.15) is 0 Å². The van der Waals surface area contributed by atoms with Crippen LogP contribution < -0.4 is 0 Å². The maximum absolute atomic E-state index is 5.49. The number of hydrogen-bond donors (Lipinski definition) is 0. The highest BCUT2D eigenvalue weighted by Crippen LogP contribution is 2.39. The summed E-state index contributed by atoms with van der Waals surface area (Å²) in [5.41, 5.74) is 16.7. The average Bonchev–Trinajstić information content (AvgIpc) is 3.87. The lowest BCUT2D eigenvalue weighted by molar-refractivity contribution is 1.18. The molecule has 0 spiro atoms. The summed E-state index contributed by atoms with van der Waals surface area (Å²) in [5, 5.41) is 4.86. The molecule has 4 heterocycles. The number of nitrogens with zero attached hydrogens (tertiary/aromatic N) is 4. The molecular weight excluding hydrogens is 753 g/mol. The van der Waals surface area contributed by atoms with Crippen molar-refractivity contribution in [2.45, 2.75) is 0 Å². The molecule has 0 saturated heterocycles. The molecule has 4 nitrogen and oxygen atoms in total. The highest BCUT2D eigenvalue weighted by Gasteiger charge is 2.18. The molecular formula is C58H38N4. The van der Waals surface area contributed by atoms with Crippen LogP contribution in [0, 0.1) is 0 Å². The topological polar surface area (TPSA) is 35.6 Å². The second-order valence-electron chi connectivity index (χ2n) is 15.8. The molecule has 62 heavy (non-hydrogen) atoms. The van der Waals surface area contributed by atoms with E-state index in [2.05, 4.69) is 240 Å². The van der Waals surface area contributed by atoms with Gasteiger partial charge in [-0.25, -0.2) is 9.97 Å². The second kappa shape index (κ2) is 14.7. The number of fused-ring (bicyclic) bond motifs is 6. The third kappa shape index (κ3) is 6.08. The molecule has 0 aliphatic heterocycles. The smallest absolute Gasteiger partial charge is 0.0900 e. The lowest BCUT2D eigenvalue weighted by atomic mass is 9.98. The summed E-state index contributed by atoms with van der Waals surface area (Å²) in [6.07, 6.45) is 0. The van der Waals surface area contributed by atoms with Crippen LogP contribution in [-0.2, 0) is 0 Å². The average molecular weight is 791 g/mol. The molecule has 0 unspecified atom stereocenters. The van der Waals surface area contributed by atoms with Crippen molar-refractivity contribution in [3.8, 4) is 67.5 Å². The van der Waals surface area contributed by atoms with Gasteiger partial charge in [-0.1, -0.05) is 158 Å². The van der Waals surface area contributed by atoms with Crippen molar-refractivity contribution in [1.29, 1.82) is 0 Å². The quantitative estimate of drug-likeness (QED) is 0.161. The monoisotopic (exact) mass is 790 g/mol. The summed E-state index contributed by atoms with van der Waals surface area (Å²) in [6.45, 7) is 0. The maximum Gasteiger partial charge on any atom is 0.0900 e. The van der Waals surface area contributed by atoms with Crippen LogP contribution in [0.25, 0.3) is 111 Å². The van der Waals surface area contributed by atoms with Crippen molar-refractivity contribution in [1.82, 2.24) is 19.1 Å². The van der Waals surface area contributed by atoms with Crippen LogP contribution in [0.2, 0.25) is 0 Å². The molecule has 290 valence electrons. The zero-order valence-corrected chi connectivity index (χ0v) is 33.7. The number of rotatable bonds is 7. The summed E-state index contributed by atoms with van der Waals surface area (Å²) in [5.74, 6) is 0. The molecule has 0 N–H and O–H groups in total. The Morgan fingerprint density at radius 2 is 0.565 bits per heavy atom. The predicted molar refractivity (Wildman–Crippen MR) is 258 cm³/mol. The van der Waals surface area contributed by atoms with Gasteiger partial charge in [0.1, 0.15) is 0 Å². The molecule has 0 radical (unpaired) electrons. The fourth-order valence-electron chi connectivity index (χ4n) is 9.18. The molecule has 0 bridgehead atoms. The van der Waals surface area contributed by atoms with Crippen LogP contribution in [0.5, 0.6) is 0 Å². The van der Waals surface area contributed by atoms with Crippen LogP contribution in [0.3, 0.4) is 0 Å². The number of para-hydroxylation sites is 4. The van der Waals surface area contributed by atoms with E-state index >= 15 is 0 Å². The zero-order chi connectivity index (χ0) is 41.0. The zero-order valence-electron chi connectivity index (χ0n) is 33.7. The van der Waals surface area contributed by atoms with Crippen molar-refractivity contribution in [3.05, 3.63) is 231 Å². The maximum atomic E-state index is 5.49. The van der Waals surface area contributed by atoms with Crippen molar-refractivity contribution >= 4 is 43.6 Å². The van der Waals surface area contributed by atoms with Crippen LogP contribution in [-0.4, -0.2) is 19.1 Å². The number of benzene rings is 8. The Kier molecular flexibility index (Phi) is 8.46. The molecule has 0 aliphatic rings. The summed E-state index contributed by atoms with van der Waals surface area (Å²) >= 11 is 0. The van der Waals surface area contributed by atoms with E-state index in [0.717, 1.165) is 78.6 Å². The van der Waals surface area contributed by atoms with E-state index in [1.807, 2.05) is 0 Å². The second-order valence-corrected chi connectivity index (χ2v) is 15.8. The highest BCUT2D eigenvalue weighted by atomic mass is 15.0. The molecule has 0 atom stereocenters. The van der Waals surface area contributed by atoms with Crippen LogP contribution in [0.15, 0.2) is 231 Å². The molecule has 0 aliphatic carbocycles.